The van der Waals surface area contributed by atoms with Gasteiger partial charge in [-0.1, -0.05) is 13.0 Å². The third kappa shape index (κ3) is 2.63. The van der Waals surface area contributed by atoms with Crippen molar-refractivity contribution in [2.75, 3.05) is 18.9 Å². The highest BCUT2D eigenvalue weighted by atomic mass is 16.2. The Kier molecular flexibility index (Phi) is 3.84. The maximum atomic E-state index is 12.4. The summed E-state index contributed by atoms with van der Waals surface area (Å²) < 4.78 is 0. The monoisotopic (exact) mass is 247 g/mol. The van der Waals surface area contributed by atoms with Crippen LogP contribution in [0, 0.1) is 5.92 Å². The summed E-state index contributed by atoms with van der Waals surface area (Å²) in [5.41, 5.74) is 0.531. The molecular formula is C14H21N3O. The smallest absolute Gasteiger partial charge is 0.272 e. The molecular weight excluding hydrogens is 226 g/mol. The SMILES string of the molecule is CNc1cccc(C(=O)N2CCC(C)CC2C)n1. The average Bonchev–Trinajstić information content (AvgIpc) is 2.38. The third-order valence-electron chi connectivity index (χ3n) is 3.62. The quantitative estimate of drug-likeness (QED) is 0.872. The van der Waals surface area contributed by atoms with Crippen molar-refractivity contribution in [1.82, 2.24) is 9.88 Å². The number of pyridine rings is 1. The van der Waals surface area contributed by atoms with Gasteiger partial charge in [0.15, 0.2) is 0 Å². The number of nitrogens with zero attached hydrogens (tertiary/aromatic N) is 2. The van der Waals surface area contributed by atoms with Crippen molar-refractivity contribution in [2.24, 2.45) is 5.92 Å². The number of amides is 1. The Morgan fingerprint density at radius 2 is 2.22 bits per heavy atom. The van der Waals surface area contributed by atoms with E-state index in [1.54, 1.807) is 6.07 Å². The van der Waals surface area contributed by atoms with E-state index in [9.17, 15) is 4.79 Å². The van der Waals surface area contributed by atoms with Crippen LogP contribution in [0.25, 0.3) is 0 Å². The molecule has 0 spiro atoms. The summed E-state index contributed by atoms with van der Waals surface area (Å²) in [6.07, 6.45) is 2.17. The molecule has 1 N–H and O–H groups in total. The molecule has 2 atom stereocenters. The number of carbonyl (C=O) groups excluding carboxylic acids is 1. The molecule has 2 heterocycles. The number of aromatic nitrogens is 1. The maximum absolute atomic E-state index is 12.4. The van der Waals surface area contributed by atoms with Crippen molar-refractivity contribution < 1.29 is 4.79 Å². The molecule has 1 aromatic heterocycles. The Labute approximate surface area is 108 Å². The zero-order chi connectivity index (χ0) is 13.1. The first-order valence-corrected chi connectivity index (χ1v) is 6.57. The van der Waals surface area contributed by atoms with Crippen LogP contribution in [-0.4, -0.2) is 35.4 Å². The molecule has 2 unspecified atom stereocenters. The van der Waals surface area contributed by atoms with Crippen LogP contribution < -0.4 is 5.32 Å². The van der Waals surface area contributed by atoms with Crippen molar-refractivity contribution >= 4 is 11.7 Å². The normalized spacial score (nSPS) is 23.8. The number of rotatable bonds is 2. The van der Waals surface area contributed by atoms with Gasteiger partial charge in [0.25, 0.3) is 5.91 Å². The Morgan fingerprint density at radius 3 is 2.89 bits per heavy atom. The van der Waals surface area contributed by atoms with E-state index in [-0.39, 0.29) is 5.91 Å². The van der Waals surface area contributed by atoms with Crippen LogP contribution in [0.5, 0.6) is 0 Å². The van der Waals surface area contributed by atoms with Gasteiger partial charge in [0.05, 0.1) is 0 Å². The Bertz CT molecular complexity index is 433. The highest BCUT2D eigenvalue weighted by Gasteiger charge is 2.28. The lowest BCUT2D eigenvalue weighted by Crippen LogP contribution is -2.44. The lowest BCUT2D eigenvalue weighted by atomic mass is 9.93. The third-order valence-corrected chi connectivity index (χ3v) is 3.62. The van der Waals surface area contributed by atoms with Crippen LogP contribution in [0.3, 0.4) is 0 Å². The van der Waals surface area contributed by atoms with Gasteiger partial charge >= 0.3 is 0 Å². The standard InChI is InChI=1S/C14H21N3O/c1-10-7-8-17(11(2)9-10)14(18)12-5-4-6-13(15-3)16-12/h4-6,10-11H,7-9H2,1-3H3,(H,15,16). The lowest BCUT2D eigenvalue weighted by Gasteiger charge is -2.36. The van der Waals surface area contributed by atoms with Crippen LogP contribution in [0.15, 0.2) is 18.2 Å². The Balaban J connectivity index is 2.15. The summed E-state index contributed by atoms with van der Waals surface area (Å²) in [4.78, 5) is 18.7. The summed E-state index contributed by atoms with van der Waals surface area (Å²) in [5.74, 6) is 1.49. The van der Waals surface area contributed by atoms with Crippen molar-refractivity contribution in [3.8, 4) is 0 Å². The second kappa shape index (κ2) is 5.38. The number of anilines is 1. The maximum Gasteiger partial charge on any atom is 0.272 e. The van der Waals surface area contributed by atoms with Crippen LogP contribution in [-0.2, 0) is 0 Å². The number of likely N-dealkylation sites (tertiary alicyclic amines) is 1. The van der Waals surface area contributed by atoms with Gasteiger partial charge in [0, 0.05) is 19.6 Å². The second-order valence-electron chi connectivity index (χ2n) is 5.14. The molecule has 1 aliphatic heterocycles. The molecule has 1 saturated heterocycles. The Hall–Kier alpha value is -1.58. The van der Waals surface area contributed by atoms with E-state index in [1.165, 1.54) is 0 Å². The molecule has 0 saturated carbocycles. The number of nitrogens with one attached hydrogen (secondary N) is 1. The van der Waals surface area contributed by atoms with E-state index in [0.717, 1.165) is 25.2 Å². The largest absolute Gasteiger partial charge is 0.373 e. The fourth-order valence-electron chi connectivity index (χ4n) is 2.55. The zero-order valence-electron chi connectivity index (χ0n) is 11.3. The van der Waals surface area contributed by atoms with Gasteiger partial charge < -0.3 is 10.2 Å². The molecule has 18 heavy (non-hydrogen) atoms. The molecule has 1 amide bonds. The molecule has 0 radical (unpaired) electrons. The van der Waals surface area contributed by atoms with Crippen molar-refractivity contribution in [1.29, 1.82) is 0 Å². The summed E-state index contributed by atoms with van der Waals surface area (Å²) in [6.45, 7) is 5.21. The van der Waals surface area contributed by atoms with Crippen molar-refractivity contribution in [3.63, 3.8) is 0 Å². The molecule has 0 aromatic carbocycles. The van der Waals surface area contributed by atoms with Crippen LogP contribution in [0.2, 0.25) is 0 Å². The first-order valence-electron chi connectivity index (χ1n) is 6.57. The van der Waals surface area contributed by atoms with Crippen molar-refractivity contribution in [3.05, 3.63) is 23.9 Å². The molecule has 0 aliphatic carbocycles. The van der Waals surface area contributed by atoms with E-state index in [4.69, 9.17) is 0 Å². The van der Waals surface area contributed by atoms with Crippen LogP contribution >= 0.6 is 0 Å². The second-order valence-corrected chi connectivity index (χ2v) is 5.14. The molecule has 1 aliphatic rings. The van der Waals surface area contributed by atoms with Gasteiger partial charge in [-0.25, -0.2) is 4.98 Å². The van der Waals surface area contributed by atoms with E-state index >= 15 is 0 Å². The van der Waals surface area contributed by atoms with Gasteiger partial charge in [0.1, 0.15) is 11.5 Å². The first-order chi connectivity index (χ1) is 8.61. The van der Waals surface area contributed by atoms with Crippen LogP contribution in [0.4, 0.5) is 5.82 Å². The predicted molar refractivity (Wildman–Crippen MR) is 72.7 cm³/mol. The summed E-state index contributed by atoms with van der Waals surface area (Å²) in [7, 11) is 1.81. The molecule has 98 valence electrons. The fourth-order valence-corrected chi connectivity index (χ4v) is 2.55. The first kappa shape index (κ1) is 12.9. The molecule has 1 aromatic rings. The van der Waals surface area contributed by atoms with Gasteiger partial charge in [0.2, 0.25) is 0 Å². The highest BCUT2D eigenvalue weighted by Crippen LogP contribution is 2.23. The number of hydrogen-bond donors (Lipinski definition) is 1. The predicted octanol–water partition coefficient (Wildman–Crippen LogP) is 2.38. The minimum atomic E-state index is 0.0477. The Morgan fingerprint density at radius 1 is 1.44 bits per heavy atom. The topological polar surface area (TPSA) is 45.2 Å². The number of carbonyl (C=O) groups is 1. The molecule has 2 rings (SSSR count). The van der Waals surface area contributed by atoms with Gasteiger partial charge in [-0.15, -0.1) is 0 Å². The summed E-state index contributed by atoms with van der Waals surface area (Å²) in [5, 5.41) is 2.96. The van der Waals surface area contributed by atoms with Gasteiger partial charge in [-0.05, 0) is 37.8 Å². The van der Waals surface area contributed by atoms with Gasteiger partial charge in [-0.3, -0.25) is 4.79 Å². The van der Waals surface area contributed by atoms with E-state index in [1.807, 2.05) is 24.1 Å². The van der Waals surface area contributed by atoms with E-state index < -0.39 is 0 Å². The van der Waals surface area contributed by atoms with E-state index in [0.29, 0.717) is 17.7 Å². The molecule has 0 bridgehead atoms. The summed E-state index contributed by atoms with van der Waals surface area (Å²) in [6, 6.07) is 5.82. The minimum Gasteiger partial charge on any atom is -0.373 e. The zero-order valence-corrected chi connectivity index (χ0v) is 11.3. The minimum absolute atomic E-state index is 0.0477. The van der Waals surface area contributed by atoms with E-state index in [2.05, 4.69) is 24.1 Å². The van der Waals surface area contributed by atoms with Gasteiger partial charge in [-0.2, -0.15) is 0 Å². The average molecular weight is 247 g/mol. The lowest BCUT2D eigenvalue weighted by molar-refractivity contribution is 0.0583. The molecule has 4 nitrogen and oxygen atoms in total. The number of piperidine rings is 1. The highest BCUT2D eigenvalue weighted by molar-refractivity contribution is 5.93. The molecule has 1 fully saturated rings. The molecule has 4 heteroatoms. The van der Waals surface area contributed by atoms with Crippen molar-refractivity contribution in [2.45, 2.75) is 32.7 Å². The number of hydrogen-bond acceptors (Lipinski definition) is 3. The fraction of sp³-hybridized carbons (Fsp3) is 0.571. The van der Waals surface area contributed by atoms with Crippen LogP contribution in [0.1, 0.15) is 37.2 Å². The summed E-state index contributed by atoms with van der Waals surface area (Å²) >= 11 is 0.